The fraction of sp³-hybridized carbons (Fsp3) is 0.444. The van der Waals surface area contributed by atoms with Crippen molar-refractivity contribution in [2.45, 2.75) is 52.7 Å². The van der Waals surface area contributed by atoms with Crippen LogP contribution < -0.4 is 10.1 Å². The van der Waals surface area contributed by atoms with E-state index in [1.807, 2.05) is 6.07 Å². The molecular formula is C27H35N3O2. The predicted octanol–water partition coefficient (Wildman–Crippen LogP) is 4.76. The van der Waals surface area contributed by atoms with Gasteiger partial charge in [0.05, 0.1) is 7.11 Å². The zero-order valence-corrected chi connectivity index (χ0v) is 19.6. The Morgan fingerprint density at radius 1 is 1.06 bits per heavy atom. The number of aryl methyl sites for hydroxylation is 2. The fourth-order valence-corrected chi connectivity index (χ4v) is 4.69. The second kappa shape index (κ2) is 10.2. The maximum absolute atomic E-state index is 12.7. The largest absolute Gasteiger partial charge is 0.497 e. The molecule has 4 rings (SSSR count). The molecule has 1 saturated heterocycles. The number of rotatable bonds is 8. The molecule has 5 heteroatoms. The number of nitrogens with one attached hydrogen (secondary N) is 1. The van der Waals surface area contributed by atoms with Crippen molar-refractivity contribution in [2.24, 2.45) is 5.92 Å². The quantitative estimate of drug-likeness (QED) is 0.557. The number of carbonyl (C=O) groups excluding carboxylic acids is 1. The highest BCUT2D eigenvalue weighted by molar-refractivity contribution is 5.85. The average Bonchev–Trinajstić information content (AvgIpc) is 3.19. The first-order valence-corrected chi connectivity index (χ1v) is 11.8. The number of nitrogens with zero attached hydrogens (tertiary/aromatic N) is 2. The highest BCUT2D eigenvalue weighted by Gasteiger charge is 2.25. The number of hydrogen-bond acceptors (Lipinski definition) is 3. The average molecular weight is 434 g/mol. The number of likely N-dealkylation sites (tertiary alicyclic amines) is 1. The number of benzene rings is 2. The van der Waals surface area contributed by atoms with E-state index in [-0.39, 0.29) is 11.8 Å². The molecule has 2 aromatic carbocycles. The highest BCUT2D eigenvalue weighted by atomic mass is 16.5. The summed E-state index contributed by atoms with van der Waals surface area (Å²) in [5, 5.41) is 4.41. The van der Waals surface area contributed by atoms with Gasteiger partial charge >= 0.3 is 0 Å². The van der Waals surface area contributed by atoms with Crippen molar-refractivity contribution in [3.63, 3.8) is 0 Å². The van der Waals surface area contributed by atoms with E-state index in [2.05, 4.69) is 71.2 Å². The zero-order valence-electron chi connectivity index (χ0n) is 19.6. The van der Waals surface area contributed by atoms with Crippen LogP contribution >= 0.6 is 0 Å². The van der Waals surface area contributed by atoms with Crippen LogP contribution in [-0.4, -0.2) is 35.6 Å². The van der Waals surface area contributed by atoms with Crippen LogP contribution in [0.4, 0.5) is 0 Å². The number of aromatic nitrogens is 1. The Hall–Kier alpha value is -2.79. The molecule has 1 N–H and O–H groups in total. The number of hydrogen-bond donors (Lipinski definition) is 1. The zero-order chi connectivity index (χ0) is 22.5. The first-order valence-electron chi connectivity index (χ1n) is 11.8. The van der Waals surface area contributed by atoms with E-state index in [0.29, 0.717) is 6.54 Å². The molecule has 0 bridgehead atoms. The summed E-state index contributed by atoms with van der Waals surface area (Å²) in [6, 6.07) is 14.8. The van der Waals surface area contributed by atoms with Crippen LogP contribution in [0.5, 0.6) is 5.75 Å². The summed E-state index contributed by atoms with van der Waals surface area (Å²) in [4.78, 5) is 15.2. The Morgan fingerprint density at radius 2 is 1.78 bits per heavy atom. The Morgan fingerprint density at radius 3 is 2.44 bits per heavy atom. The van der Waals surface area contributed by atoms with Crippen LogP contribution in [0.15, 0.2) is 48.7 Å². The SMILES string of the molecule is CCc1ccc(CNC(=O)C2CCN(Cc3cn(CC)c4ccc(OC)cc34)CC2)cc1. The van der Waals surface area contributed by atoms with Gasteiger partial charge in [-0.1, -0.05) is 31.2 Å². The first-order chi connectivity index (χ1) is 15.6. The summed E-state index contributed by atoms with van der Waals surface area (Å²) in [7, 11) is 1.72. The molecule has 0 atom stereocenters. The topological polar surface area (TPSA) is 46.5 Å². The molecular weight excluding hydrogens is 398 g/mol. The highest BCUT2D eigenvalue weighted by Crippen LogP contribution is 2.28. The van der Waals surface area contributed by atoms with Crippen molar-refractivity contribution in [3.05, 3.63) is 65.4 Å². The minimum Gasteiger partial charge on any atom is -0.497 e. The lowest BCUT2D eigenvalue weighted by Gasteiger charge is -2.31. The minimum atomic E-state index is 0.109. The molecule has 0 unspecified atom stereocenters. The maximum atomic E-state index is 12.7. The molecule has 32 heavy (non-hydrogen) atoms. The van der Waals surface area contributed by atoms with Gasteiger partial charge in [-0.05, 0) is 74.2 Å². The molecule has 5 nitrogen and oxygen atoms in total. The molecule has 1 aliphatic rings. The van der Waals surface area contributed by atoms with Crippen LogP contribution in [0, 0.1) is 5.92 Å². The molecule has 3 aromatic rings. The number of piperidine rings is 1. The summed E-state index contributed by atoms with van der Waals surface area (Å²) in [6.45, 7) is 8.71. The van der Waals surface area contributed by atoms with Gasteiger partial charge in [0.15, 0.2) is 0 Å². The maximum Gasteiger partial charge on any atom is 0.223 e. The van der Waals surface area contributed by atoms with Crippen molar-refractivity contribution in [3.8, 4) is 5.75 Å². The molecule has 1 aromatic heterocycles. The van der Waals surface area contributed by atoms with Crippen molar-refractivity contribution in [1.29, 1.82) is 0 Å². The predicted molar refractivity (Wildman–Crippen MR) is 130 cm³/mol. The number of amides is 1. The van der Waals surface area contributed by atoms with Gasteiger partial charge in [-0.3, -0.25) is 9.69 Å². The van der Waals surface area contributed by atoms with E-state index in [1.165, 1.54) is 22.0 Å². The lowest BCUT2D eigenvalue weighted by molar-refractivity contribution is -0.126. The summed E-state index contributed by atoms with van der Waals surface area (Å²) >= 11 is 0. The van der Waals surface area contributed by atoms with Crippen LogP contribution in [0.1, 0.15) is 43.4 Å². The van der Waals surface area contributed by atoms with E-state index in [1.54, 1.807) is 7.11 Å². The Kier molecular flexibility index (Phi) is 7.15. The third-order valence-corrected chi connectivity index (χ3v) is 6.76. The van der Waals surface area contributed by atoms with Gasteiger partial charge in [0.1, 0.15) is 5.75 Å². The Bertz CT molecular complexity index is 1050. The number of ether oxygens (including phenoxy) is 1. The first kappa shape index (κ1) is 22.4. The van der Waals surface area contributed by atoms with Crippen LogP contribution in [-0.2, 0) is 30.8 Å². The molecule has 1 aliphatic heterocycles. The van der Waals surface area contributed by atoms with E-state index in [4.69, 9.17) is 4.74 Å². The van der Waals surface area contributed by atoms with Crippen molar-refractivity contribution >= 4 is 16.8 Å². The summed E-state index contributed by atoms with van der Waals surface area (Å²) in [5.74, 6) is 1.20. The molecule has 170 valence electrons. The van der Waals surface area contributed by atoms with Crippen molar-refractivity contribution in [2.75, 3.05) is 20.2 Å². The molecule has 0 aliphatic carbocycles. The molecule has 2 heterocycles. The summed E-state index contributed by atoms with van der Waals surface area (Å²) in [6.07, 6.45) is 5.14. The lowest BCUT2D eigenvalue weighted by atomic mass is 9.95. The summed E-state index contributed by atoms with van der Waals surface area (Å²) in [5.41, 5.74) is 5.08. The standard InChI is InChI=1S/C27H35N3O2/c1-4-20-6-8-21(9-7-20)17-28-27(31)22-12-14-29(15-13-22)18-23-19-30(5-2)26-11-10-24(32-3)16-25(23)26/h6-11,16,19,22H,4-5,12-15,17-18H2,1-3H3,(H,28,31). The molecule has 1 amide bonds. The Labute approximate surface area is 191 Å². The minimum absolute atomic E-state index is 0.109. The van der Waals surface area contributed by atoms with Crippen LogP contribution in [0.3, 0.4) is 0 Å². The van der Waals surface area contributed by atoms with E-state index >= 15 is 0 Å². The lowest BCUT2D eigenvalue weighted by Crippen LogP contribution is -2.40. The van der Waals surface area contributed by atoms with Gasteiger partial charge in [-0.25, -0.2) is 0 Å². The monoisotopic (exact) mass is 433 g/mol. The van der Waals surface area contributed by atoms with E-state index in [0.717, 1.165) is 56.8 Å². The van der Waals surface area contributed by atoms with Crippen LogP contribution in [0.2, 0.25) is 0 Å². The van der Waals surface area contributed by atoms with Gasteiger partial charge < -0.3 is 14.6 Å². The molecule has 0 spiro atoms. The number of methoxy groups -OCH3 is 1. The normalized spacial score (nSPS) is 15.2. The van der Waals surface area contributed by atoms with Crippen molar-refractivity contribution in [1.82, 2.24) is 14.8 Å². The smallest absolute Gasteiger partial charge is 0.223 e. The van der Waals surface area contributed by atoms with E-state index < -0.39 is 0 Å². The van der Waals surface area contributed by atoms with Gasteiger partial charge in [0.2, 0.25) is 5.91 Å². The van der Waals surface area contributed by atoms with Gasteiger partial charge in [0, 0.05) is 42.7 Å². The fourth-order valence-electron chi connectivity index (χ4n) is 4.69. The van der Waals surface area contributed by atoms with Gasteiger partial charge in [0.25, 0.3) is 0 Å². The Balaban J connectivity index is 1.32. The second-order valence-corrected chi connectivity index (χ2v) is 8.76. The molecule has 1 fully saturated rings. The van der Waals surface area contributed by atoms with Gasteiger partial charge in [-0.15, -0.1) is 0 Å². The second-order valence-electron chi connectivity index (χ2n) is 8.76. The molecule has 0 saturated carbocycles. The van der Waals surface area contributed by atoms with E-state index in [9.17, 15) is 4.79 Å². The van der Waals surface area contributed by atoms with Crippen LogP contribution in [0.25, 0.3) is 10.9 Å². The van der Waals surface area contributed by atoms with Gasteiger partial charge in [-0.2, -0.15) is 0 Å². The van der Waals surface area contributed by atoms with Crippen molar-refractivity contribution < 1.29 is 9.53 Å². The summed E-state index contributed by atoms with van der Waals surface area (Å²) < 4.78 is 7.75. The number of carbonyl (C=O) groups is 1. The number of fused-ring (bicyclic) bond motifs is 1. The third-order valence-electron chi connectivity index (χ3n) is 6.76. The molecule has 0 radical (unpaired) electrons. The third kappa shape index (κ3) is 4.99.